The molecule has 0 saturated heterocycles. The minimum atomic E-state index is -0.287. The van der Waals surface area contributed by atoms with Crippen LogP contribution in [-0.4, -0.2) is 4.98 Å². The van der Waals surface area contributed by atoms with E-state index in [1.165, 1.54) is 12.1 Å². The van der Waals surface area contributed by atoms with Crippen molar-refractivity contribution >= 4 is 0 Å². The Balaban J connectivity index is 2.08. The smallest absolute Gasteiger partial charge is 0.145 e. The highest BCUT2D eigenvalue weighted by molar-refractivity contribution is 5.30. The average molecular weight is 246 g/mol. The number of halogens is 1. The molecule has 1 unspecified atom stereocenters. The number of nitrogens with zero attached hydrogens (tertiary/aromatic N) is 1. The molecule has 1 aromatic carbocycles. The Morgan fingerprint density at radius 2 is 1.83 bits per heavy atom. The van der Waals surface area contributed by atoms with Crippen LogP contribution in [0.2, 0.25) is 0 Å². The van der Waals surface area contributed by atoms with Crippen LogP contribution in [0.5, 0.6) is 11.5 Å². The van der Waals surface area contributed by atoms with Gasteiger partial charge in [0.05, 0.1) is 11.9 Å². The Kier molecular flexibility index (Phi) is 3.89. The topological polar surface area (TPSA) is 48.1 Å². The number of aromatic nitrogens is 1. The van der Waals surface area contributed by atoms with Crippen LogP contribution in [0.3, 0.4) is 0 Å². The molecule has 18 heavy (non-hydrogen) atoms. The summed E-state index contributed by atoms with van der Waals surface area (Å²) < 4.78 is 18.3. The monoisotopic (exact) mass is 246 g/mol. The van der Waals surface area contributed by atoms with Crippen molar-refractivity contribution in [2.45, 2.75) is 19.4 Å². The predicted molar refractivity (Wildman–Crippen MR) is 67.9 cm³/mol. The second-order valence-corrected chi connectivity index (χ2v) is 3.99. The van der Waals surface area contributed by atoms with E-state index >= 15 is 0 Å². The summed E-state index contributed by atoms with van der Waals surface area (Å²) >= 11 is 0. The fraction of sp³-hybridized carbons (Fsp3) is 0.214. The summed E-state index contributed by atoms with van der Waals surface area (Å²) in [6.45, 7) is 2.01. The summed E-state index contributed by atoms with van der Waals surface area (Å²) in [5, 5.41) is 0. The van der Waals surface area contributed by atoms with Gasteiger partial charge in [-0.05, 0) is 42.8 Å². The minimum absolute atomic E-state index is 0.0510. The Morgan fingerprint density at radius 3 is 2.39 bits per heavy atom. The molecule has 0 fully saturated rings. The summed E-state index contributed by atoms with van der Waals surface area (Å²) in [7, 11) is 0. The van der Waals surface area contributed by atoms with E-state index in [2.05, 4.69) is 4.98 Å². The van der Waals surface area contributed by atoms with Crippen LogP contribution in [0.25, 0.3) is 0 Å². The quantitative estimate of drug-likeness (QED) is 0.899. The van der Waals surface area contributed by atoms with Gasteiger partial charge in [-0.1, -0.05) is 6.92 Å². The van der Waals surface area contributed by atoms with Gasteiger partial charge < -0.3 is 10.5 Å². The average Bonchev–Trinajstić information content (AvgIpc) is 2.41. The van der Waals surface area contributed by atoms with E-state index in [9.17, 15) is 4.39 Å². The van der Waals surface area contributed by atoms with Crippen LogP contribution in [0, 0.1) is 5.82 Å². The first-order valence-corrected chi connectivity index (χ1v) is 5.84. The van der Waals surface area contributed by atoms with Gasteiger partial charge in [0.2, 0.25) is 0 Å². The molecule has 94 valence electrons. The third-order valence-electron chi connectivity index (χ3n) is 2.63. The van der Waals surface area contributed by atoms with E-state index in [0.29, 0.717) is 11.5 Å². The van der Waals surface area contributed by atoms with E-state index in [1.807, 2.05) is 13.0 Å². The molecular formula is C14H15FN2O. The van der Waals surface area contributed by atoms with E-state index in [0.717, 1.165) is 12.1 Å². The van der Waals surface area contributed by atoms with Crippen molar-refractivity contribution in [3.63, 3.8) is 0 Å². The zero-order valence-electron chi connectivity index (χ0n) is 10.1. The summed E-state index contributed by atoms with van der Waals surface area (Å²) in [6.07, 6.45) is 2.46. The van der Waals surface area contributed by atoms with Crippen molar-refractivity contribution < 1.29 is 9.13 Å². The van der Waals surface area contributed by atoms with Crippen LogP contribution >= 0.6 is 0 Å². The summed E-state index contributed by atoms with van der Waals surface area (Å²) in [5.41, 5.74) is 6.71. The number of benzene rings is 1. The van der Waals surface area contributed by atoms with Gasteiger partial charge in [-0.2, -0.15) is 0 Å². The van der Waals surface area contributed by atoms with Gasteiger partial charge in [0.1, 0.15) is 17.3 Å². The number of rotatable bonds is 4. The van der Waals surface area contributed by atoms with Gasteiger partial charge in [-0.3, -0.25) is 4.98 Å². The van der Waals surface area contributed by atoms with E-state index < -0.39 is 0 Å². The molecular weight excluding hydrogens is 231 g/mol. The summed E-state index contributed by atoms with van der Waals surface area (Å²) in [5.74, 6) is 0.893. The van der Waals surface area contributed by atoms with E-state index in [1.54, 1.807) is 24.4 Å². The molecule has 3 nitrogen and oxygen atoms in total. The van der Waals surface area contributed by atoms with Crippen LogP contribution in [-0.2, 0) is 0 Å². The van der Waals surface area contributed by atoms with Crippen LogP contribution < -0.4 is 10.5 Å². The number of pyridine rings is 1. The molecule has 0 aliphatic carbocycles. The molecule has 0 radical (unpaired) electrons. The van der Waals surface area contributed by atoms with Crippen molar-refractivity contribution in [1.82, 2.24) is 4.98 Å². The number of hydrogen-bond acceptors (Lipinski definition) is 3. The molecule has 0 aliphatic heterocycles. The second kappa shape index (κ2) is 5.60. The number of hydrogen-bond donors (Lipinski definition) is 1. The molecule has 4 heteroatoms. The van der Waals surface area contributed by atoms with Gasteiger partial charge in [-0.25, -0.2) is 4.39 Å². The first-order chi connectivity index (χ1) is 8.69. The molecule has 0 aliphatic rings. The molecule has 1 aromatic heterocycles. The fourth-order valence-corrected chi connectivity index (χ4v) is 1.52. The second-order valence-electron chi connectivity index (χ2n) is 3.99. The molecule has 0 amide bonds. The Labute approximate surface area is 105 Å². The fourth-order valence-electron chi connectivity index (χ4n) is 1.52. The van der Waals surface area contributed by atoms with Gasteiger partial charge in [0.25, 0.3) is 0 Å². The van der Waals surface area contributed by atoms with Crippen LogP contribution in [0.15, 0.2) is 42.6 Å². The van der Waals surface area contributed by atoms with Crippen molar-refractivity contribution in [2.24, 2.45) is 5.73 Å². The van der Waals surface area contributed by atoms with Gasteiger partial charge >= 0.3 is 0 Å². The summed E-state index contributed by atoms with van der Waals surface area (Å²) in [4.78, 5) is 4.24. The molecule has 2 aromatic rings. The van der Waals surface area contributed by atoms with Crippen LogP contribution in [0.1, 0.15) is 25.1 Å². The largest absolute Gasteiger partial charge is 0.456 e. The van der Waals surface area contributed by atoms with Crippen molar-refractivity contribution in [3.8, 4) is 11.5 Å². The highest BCUT2D eigenvalue weighted by Gasteiger charge is 2.05. The zero-order chi connectivity index (χ0) is 13.0. The van der Waals surface area contributed by atoms with Gasteiger partial charge in [0, 0.05) is 6.04 Å². The minimum Gasteiger partial charge on any atom is -0.456 e. The lowest BCUT2D eigenvalue weighted by Crippen LogP contribution is -2.10. The van der Waals surface area contributed by atoms with Crippen molar-refractivity contribution in [3.05, 3.63) is 54.1 Å². The molecule has 2 N–H and O–H groups in total. The Morgan fingerprint density at radius 1 is 1.17 bits per heavy atom. The maximum atomic E-state index is 12.7. The molecule has 0 spiro atoms. The molecule has 2 rings (SSSR count). The normalized spacial score (nSPS) is 12.2. The SMILES string of the molecule is CCC(N)c1ccc(Oc2ccc(F)cc2)cn1. The first-order valence-electron chi connectivity index (χ1n) is 5.84. The maximum Gasteiger partial charge on any atom is 0.145 e. The standard InChI is InChI=1S/C14H15FN2O/c1-2-13(16)14-8-7-12(9-17-14)18-11-5-3-10(15)4-6-11/h3-9,13H,2,16H2,1H3. The third kappa shape index (κ3) is 3.05. The lowest BCUT2D eigenvalue weighted by atomic mass is 10.1. The van der Waals surface area contributed by atoms with Crippen molar-refractivity contribution in [2.75, 3.05) is 0 Å². The maximum absolute atomic E-state index is 12.7. The van der Waals surface area contributed by atoms with Gasteiger partial charge in [0.15, 0.2) is 0 Å². The van der Waals surface area contributed by atoms with E-state index in [4.69, 9.17) is 10.5 Å². The third-order valence-corrected chi connectivity index (χ3v) is 2.63. The Bertz CT molecular complexity index is 496. The first kappa shape index (κ1) is 12.5. The highest BCUT2D eigenvalue weighted by atomic mass is 19.1. The van der Waals surface area contributed by atoms with Crippen molar-refractivity contribution in [1.29, 1.82) is 0 Å². The Hall–Kier alpha value is -1.94. The molecule has 1 heterocycles. The van der Waals surface area contributed by atoms with Crippen LogP contribution in [0.4, 0.5) is 4.39 Å². The molecule has 1 atom stereocenters. The van der Waals surface area contributed by atoms with Gasteiger partial charge in [-0.15, -0.1) is 0 Å². The molecule has 0 bridgehead atoms. The number of nitrogens with two attached hydrogens (primary N) is 1. The summed E-state index contributed by atoms with van der Waals surface area (Å²) in [6, 6.07) is 9.44. The van der Waals surface area contributed by atoms with E-state index in [-0.39, 0.29) is 11.9 Å². The zero-order valence-corrected chi connectivity index (χ0v) is 10.1. The lowest BCUT2D eigenvalue weighted by molar-refractivity contribution is 0.477. The lowest BCUT2D eigenvalue weighted by Gasteiger charge is -2.09. The molecule has 0 saturated carbocycles. The number of ether oxygens (including phenoxy) is 1. The predicted octanol–water partition coefficient (Wildman–Crippen LogP) is 3.42. The highest BCUT2D eigenvalue weighted by Crippen LogP contribution is 2.22.